The van der Waals surface area contributed by atoms with Crippen LogP contribution in [0.5, 0.6) is 0 Å². The minimum atomic E-state index is -0.459. The molecule has 3 aromatic rings. The Balaban J connectivity index is 1.57. The van der Waals surface area contributed by atoms with Gasteiger partial charge in [0.05, 0.1) is 27.8 Å². The molecular weight excluding hydrogens is 384 g/mol. The van der Waals surface area contributed by atoms with Crippen molar-refractivity contribution in [3.05, 3.63) is 64.7 Å². The van der Waals surface area contributed by atoms with Crippen LogP contribution in [0.15, 0.2) is 52.2 Å². The van der Waals surface area contributed by atoms with Gasteiger partial charge in [0.25, 0.3) is 11.8 Å². The second-order valence-corrected chi connectivity index (χ2v) is 7.33. The highest BCUT2D eigenvalue weighted by Crippen LogP contribution is 2.31. The van der Waals surface area contributed by atoms with Gasteiger partial charge in [-0.05, 0) is 49.0 Å². The Morgan fingerprint density at radius 2 is 2.04 bits per heavy atom. The molecule has 0 bridgehead atoms. The number of amides is 2. The van der Waals surface area contributed by atoms with Crippen LogP contribution in [0.2, 0.25) is 0 Å². The summed E-state index contributed by atoms with van der Waals surface area (Å²) in [5.41, 5.74) is 5.16. The molecule has 1 N–H and O–H groups in total. The number of aromatic nitrogens is 2. The van der Waals surface area contributed by atoms with Crippen LogP contribution in [0.4, 0.5) is 0 Å². The first kappa shape index (κ1) is 17.4. The summed E-state index contributed by atoms with van der Waals surface area (Å²) in [6.45, 7) is 1.67. The fourth-order valence-corrected chi connectivity index (χ4v) is 3.75. The van der Waals surface area contributed by atoms with E-state index in [1.165, 1.54) is 12.3 Å². The number of fused-ring (bicyclic) bond motifs is 1. The topological polar surface area (TPSA) is 88.3 Å². The molecule has 1 aromatic carbocycles. The fourth-order valence-electron chi connectivity index (χ4n) is 2.57. The Kier molecular flexibility index (Phi) is 4.46. The van der Waals surface area contributed by atoms with Gasteiger partial charge < -0.3 is 4.42 Å². The second kappa shape index (κ2) is 6.93. The summed E-state index contributed by atoms with van der Waals surface area (Å²) >= 11 is 6.36. The van der Waals surface area contributed by atoms with Crippen LogP contribution in [0.3, 0.4) is 0 Å². The lowest BCUT2D eigenvalue weighted by atomic mass is 10.2. The van der Waals surface area contributed by atoms with Gasteiger partial charge >= 0.3 is 0 Å². The van der Waals surface area contributed by atoms with Crippen molar-refractivity contribution >= 4 is 57.2 Å². The van der Waals surface area contributed by atoms with Gasteiger partial charge in [-0.1, -0.05) is 17.8 Å². The summed E-state index contributed by atoms with van der Waals surface area (Å²) in [5.74, 6) is -0.385. The number of thioether (sulfide) groups is 1. The van der Waals surface area contributed by atoms with Crippen LogP contribution in [0, 0.1) is 6.92 Å². The Bertz CT molecular complexity index is 1120. The number of aryl methyl sites for hydroxylation is 1. The van der Waals surface area contributed by atoms with Gasteiger partial charge in [-0.25, -0.2) is 0 Å². The maximum absolute atomic E-state index is 12.7. The van der Waals surface area contributed by atoms with Crippen molar-refractivity contribution in [2.45, 2.75) is 6.92 Å². The third-order valence-corrected chi connectivity index (χ3v) is 5.20. The molecule has 1 aliphatic rings. The van der Waals surface area contributed by atoms with Crippen molar-refractivity contribution in [3.63, 3.8) is 0 Å². The molecule has 27 heavy (non-hydrogen) atoms. The lowest BCUT2D eigenvalue weighted by Gasteiger charge is -2.15. The van der Waals surface area contributed by atoms with E-state index >= 15 is 0 Å². The van der Waals surface area contributed by atoms with Crippen LogP contribution in [0.1, 0.15) is 21.7 Å². The molecule has 0 saturated carbocycles. The molecule has 1 saturated heterocycles. The van der Waals surface area contributed by atoms with E-state index in [0.717, 1.165) is 33.4 Å². The summed E-state index contributed by atoms with van der Waals surface area (Å²) in [6.07, 6.45) is 6.36. The molecule has 134 valence electrons. The third-order valence-electron chi connectivity index (χ3n) is 3.90. The molecule has 9 heteroatoms. The molecule has 4 rings (SSSR count). The van der Waals surface area contributed by atoms with Crippen molar-refractivity contribution in [3.8, 4) is 0 Å². The summed E-state index contributed by atoms with van der Waals surface area (Å²) < 4.78 is 5.37. The van der Waals surface area contributed by atoms with Crippen molar-refractivity contribution in [1.29, 1.82) is 0 Å². The van der Waals surface area contributed by atoms with Crippen LogP contribution < -0.4 is 5.43 Å². The van der Waals surface area contributed by atoms with E-state index in [0.29, 0.717) is 16.2 Å². The molecule has 3 heterocycles. The Hall–Kier alpha value is -3.04. The van der Waals surface area contributed by atoms with Crippen molar-refractivity contribution in [2.75, 3.05) is 0 Å². The first-order valence-electron chi connectivity index (χ1n) is 7.87. The average Bonchev–Trinajstić information content (AvgIpc) is 3.20. The Morgan fingerprint density at radius 3 is 2.78 bits per heavy atom. The largest absolute Gasteiger partial charge is 0.469 e. The average molecular weight is 396 g/mol. The van der Waals surface area contributed by atoms with Crippen molar-refractivity contribution < 1.29 is 14.0 Å². The van der Waals surface area contributed by atoms with E-state index in [1.807, 2.05) is 18.2 Å². The smallest absolute Gasteiger partial charge is 0.285 e. The zero-order valence-electron chi connectivity index (χ0n) is 14.0. The minimum Gasteiger partial charge on any atom is -0.469 e. The zero-order valence-corrected chi connectivity index (χ0v) is 15.6. The molecular formula is C18H12N4O3S2. The maximum Gasteiger partial charge on any atom is 0.285 e. The van der Waals surface area contributed by atoms with E-state index in [9.17, 15) is 9.59 Å². The Labute approximate surface area is 163 Å². The maximum atomic E-state index is 12.7. The zero-order chi connectivity index (χ0) is 19.0. The lowest BCUT2D eigenvalue weighted by molar-refractivity contribution is -0.123. The minimum absolute atomic E-state index is 0.251. The van der Waals surface area contributed by atoms with Crippen molar-refractivity contribution in [2.24, 2.45) is 0 Å². The number of thiocarbonyl (C=S) groups is 1. The van der Waals surface area contributed by atoms with Crippen molar-refractivity contribution in [1.82, 2.24) is 20.4 Å². The number of hydrogen-bond acceptors (Lipinski definition) is 7. The van der Waals surface area contributed by atoms with E-state index in [1.54, 1.807) is 25.4 Å². The van der Waals surface area contributed by atoms with Crippen LogP contribution in [0.25, 0.3) is 17.1 Å². The van der Waals surface area contributed by atoms with Gasteiger partial charge in [-0.2, -0.15) is 5.01 Å². The number of rotatable bonds is 3. The Morgan fingerprint density at radius 1 is 1.26 bits per heavy atom. The monoisotopic (exact) mass is 396 g/mol. The standard InChI is InChI=1S/C18H12N4O3S2/c1-10-12(4-7-25-10)16(23)21-22-17(24)15(27-18(22)26)9-11-2-3-13-14(8-11)20-6-5-19-13/h2-9H,1H3,(H,21,23)/b15-9+. The summed E-state index contributed by atoms with van der Waals surface area (Å²) in [6, 6.07) is 7.05. The molecule has 0 spiro atoms. The number of carbonyl (C=O) groups excluding carboxylic acids is 2. The van der Waals surface area contributed by atoms with E-state index in [-0.39, 0.29) is 4.32 Å². The highest BCUT2D eigenvalue weighted by atomic mass is 32.2. The predicted molar refractivity (Wildman–Crippen MR) is 105 cm³/mol. The normalized spacial score (nSPS) is 15.7. The van der Waals surface area contributed by atoms with E-state index in [4.69, 9.17) is 16.6 Å². The number of hydrazine groups is 1. The molecule has 1 aliphatic heterocycles. The quantitative estimate of drug-likeness (QED) is 0.538. The molecule has 2 amide bonds. The van der Waals surface area contributed by atoms with E-state index in [2.05, 4.69) is 15.4 Å². The van der Waals surface area contributed by atoms with Gasteiger partial charge in [0.1, 0.15) is 5.76 Å². The first-order chi connectivity index (χ1) is 13.0. The molecule has 0 aliphatic carbocycles. The van der Waals surface area contributed by atoms with Gasteiger partial charge in [0, 0.05) is 12.4 Å². The summed E-state index contributed by atoms with van der Waals surface area (Å²) in [4.78, 5) is 33.9. The summed E-state index contributed by atoms with van der Waals surface area (Å²) in [5, 5.41) is 1.07. The number of hydrogen-bond donors (Lipinski definition) is 1. The van der Waals surface area contributed by atoms with Gasteiger partial charge in [-0.3, -0.25) is 25.0 Å². The van der Waals surface area contributed by atoms with Crippen LogP contribution in [-0.2, 0) is 4.79 Å². The molecule has 0 radical (unpaired) electrons. The number of carbonyl (C=O) groups is 2. The number of furan rings is 1. The second-order valence-electron chi connectivity index (χ2n) is 5.65. The highest BCUT2D eigenvalue weighted by molar-refractivity contribution is 8.26. The molecule has 0 unspecified atom stereocenters. The number of nitrogens with one attached hydrogen (secondary N) is 1. The third kappa shape index (κ3) is 3.34. The predicted octanol–water partition coefficient (Wildman–Crippen LogP) is 3.08. The van der Waals surface area contributed by atoms with Gasteiger partial charge in [0.2, 0.25) is 0 Å². The fraction of sp³-hybridized carbons (Fsp3) is 0.0556. The SMILES string of the molecule is Cc1occc1C(=O)NN1C(=O)/C(=C\c2ccc3nccnc3c2)SC1=S. The van der Waals surface area contributed by atoms with Gasteiger partial charge in [-0.15, -0.1) is 0 Å². The summed E-state index contributed by atoms with van der Waals surface area (Å²) in [7, 11) is 0. The number of nitrogens with zero attached hydrogens (tertiary/aromatic N) is 3. The first-order valence-corrected chi connectivity index (χ1v) is 9.09. The van der Waals surface area contributed by atoms with E-state index < -0.39 is 11.8 Å². The number of benzene rings is 1. The lowest BCUT2D eigenvalue weighted by Crippen LogP contribution is -2.44. The molecule has 2 aromatic heterocycles. The molecule has 0 atom stereocenters. The highest BCUT2D eigenvalue weighted by Gasteiger charge is 2.34. The molecule has 7 nitrogen and oxygen atoms in total. The van der Waals surface area contributed by atoms with Gasteiger partial charge in [0.15, 0.2) is 4.32 Å². The molecule has 1 fully saturated rings. The van der Waals surface area contributed by atoms with Crippen LogP contribution >= 0.6 is 24.0 Å². The van der Waals surface area contributed by atoms with Crippen LogP contribution in [-0.4, -0.2) is 31.1 Å².